The van der Waals surface area contributed by atoms with E-state index < -0.39 is 0 Å². The van der Waals surface area contributed by atoms with E-state index in [1.165, 1.54) is 5.56 Å². The minimum absolute atomic E-state index is 0.709. The van der Waals surface area contributed by atoms with E-state index in [1.54, 1.807) is 17.1 Å². The highest BCUT2D eigenvalue weighted by molar-refractivity contribution is 5.68. The lowest BCUT2D eigenvalue weighted by atomic mass is 10.0. The van der Waals surface area contributed by atoms with Crippen LogP contribution in [0.1, 0.15) is 11.1 Å². The third-order valence-electron chi connectivity index (χ3n) is 3.37. The Labute approximate surface area is 117 Å². The van der Waals surface area contributed by atoms with Gasteiger partial charge in [0.2, 0.25) is 0 Å². The Bertz CT molecular complexity index is 702. The van der Waals surface area contributed by atoms with Crippen molar-refractivity contribution in [1.82, 2.24) is 14.8 Å². The molecule has 1 aromatic carbocycles. The molecule has 0 fully saturated rings. The molecule has 0 saturated carbocycles. The van der Waals surface area contributed by atoms with E-state index in [2.05, 4.69) is 22.2 Å². The van der Waals surface area contributed by atoms with E-state index in [0.717, 1.165) is 23.2 Å². The van der Waals surface area contributed by atoms with Crippen LogP contribution in [0.15, 0.2) is 54.9 Å². The van der Waals surface area contributed by atoms with Gasteiger partial charge in [0.15, 0.2) is 0 Å². The first-order valence-corrected chi connectivity index (χ1v) is 6.51. The van der Waals surface area contributed by atoms with E-state index in [-0.39, 0.29) is 0 Å². The SMILES string of the molecule is Cn1nc(-c2ccncc2)c(Cc2ccccc2)c1N. The number of hydrogen-bond donors (Lipinski definition) is 1. The second-order valence-electron chi connectivity index (χ2n) is 4.73. The largest absolute Gasteiger partial charge is 0.384 e. The first kappa shape index (κ1) is 12.4. The van der Waals surface area contributed by atoms with E-state index >= 15 is 0 Å². The molecule has 0 atom stereocenters. The van der Waals surface area contributed by atoms with Crippen molar-refractivity contribution in [2.24, 2.45) is 7.05 Å². The molecule has 3 rings (SSSR count). The zero-order valence-corrected chi connectivity index (χ0v) is 11.3. The molecule has 0 bridgehead atoms. The quantitative estimate of drug-likeness (QED) is 0.791. The summed E-state index contributed by atoms with van der Waals surface area (Å²) in [5.41, 5.74) is 10.4. The second-order valence-corrected chi connectivity index (χ2v) is 4.73. The van der Waals surface area contributed by atoms with Gasteiger partial charge in [-0.25, -0.2) is 0 Å². The molecule has 0 aliphatic carbocycles. The molecular weight excluding hydrogens is 248 g/mol. The number of nitrogens with zero attached hydrogens (tertiary/aromatic N) is 3. The van der Waals surface area contributed by atoms with E-state index in [9.17, 15) is 0 Å². The van der Waals surface area contributed by atoms with Crippen molar-refractivity contribution < 1.29 is 0 Å². The van der Waals surface area contributed by atoms with Crippen molar-refractivity contribution >= 4 is 5.82 Å². The van der Waals surface area contributed by atoms with Gasteiger partial charge in [-0.2, -0.15) is 5.10 Å². The summed E-state index contributed by atoms with van der Waals surface area (Å²) in [6.45, 7) is 0. The molecule has 0 unspecified atom stereocenters. The number of benzene rings is 1. The molecule has 2 aromatic heterocycles. The van der Waals surface area contributed by atoms with Gasteiger partial charge in [0.1, 0.15) is 5.82 Å². The van der Waals surface area contributed by atoms with Crippen molar-refractivity contribution in [2.75, 3.05) is 5.73 Å². The molecule has 0 spiro atoms. The summed E-state index contributed by atoms with van der Waals surface area (Å²) in [6.07, 6.45) is 4.32. The summed E-state index contributed by atoms with van der Waals surface area (Å²) in [7, 11) is 1.87. The lowest BCUT2D eigenvalue weighted by molar-refractivity contribution is 0.782. The molecule has 20 heavy (non-hydrogen) atoms. The predicted molar refractivity (Wildman–Crippen MR) is 80.1 cm³/mol. The first-order chi connectivity index (χ1) is 9.75. The summed E-state index contributed by atoms with van der Waals surface area (Å²) < 4.78 is 1.73. The van der Waals surface area contributed by atoms with Gasteiger partial charge in [-0.05, 0) is 17.7 Å². The van der Waals surface area contributed by atoms with Crippen molar-refractivity contribution in [3.8, 4) is 11.3 Å². The minimum atomic E-state index is 0.709. The van der Waals surface area contributed by atoms with Crippen LogP contribution < -0.4 is 5.73 Å². The Morgan fingerprint density at radius 2 is 1.75 bits per heavy atom. The highest BCUT2D eigenvalue weighted by Crippen LogP contribution is 2.28. The van der Waals surface area contributed by atoms with Crippen molar-refractivity contribution in [1.29, 1.82) is 0 Å². The number of aryl methyl sites for hydroxylation is 1. The van der Waals surface area contributed by atoms with Crippen LogP contribution in [0, 0.1) is 0 Å². The van der Waals surface area contributed by atoms with E-state index in [4.69, 9.17) is 5.73 Å². The summed E-state index contributed by atoms with van der Waals surface area (Å²) in [4.78, 5) is 4.05. The second kappa shape index (κ2) is 5.17. The lowest BCUT2D eigenvalue weighted by Crippen LogP contribution is -2.00. The molecule has 4 nitrogen and oxygen atoms in total. The van der Waals surface area contributed by atoms with Crippen LogP contribution in [-0.2, 0) is 13.5 Å². The van der Waals surface area contributed by atoms with Crippen molar-refractivity contribution in [3.63, 3.8) is 0 Å². The number of rotatable bonds is 3. The van der Waals surface area contributed by atoms with Crippen LogP contribution in [0.3, 0.4) is 0 Å². The van der Waals surface area contributed by atoms with Gasteiger partial charge in [0.05, 0.1) is 5.69 Å². The number of nitrogens with two attached hydrogens (primary N) is 1. The topological polar surface area (TPSA) is 56.7 Å². The molecule has 100 valence electrons. The lowest BCUT2D eigenvalue weighted by Gasteiger charge is -2.04. The van der Waals surface area contributed by atoms with Gasteiger partial charge < -0.3 is 5.73 Å². The molecule has 0 amide bonds. The normalized spacial score (nSPS) is 10.7. The van der Waals surface area contributed by atoms with Gasteiger partial charge >= 0.3 is 0 Å². The maximum Gasteiger partial charge on any atom is 0.125 e. The van der Waals surface area contributed by atoms with Crippen LogP contribution >= 0.6 is 0 Å². The average Bonchev–Trinajstić information content (AvgIpc) is 2.78. The molecule has 0 saturated heterocycles. The average molecular weight is 264 g/mol. The number of nitrogen functional groups attached to an aromatic ring is 1. The summed E-state index contributed by atoms with van der Waals surface area (Å²) in [5.74, 6) is 0.709. The maximum absolute atomic E-state index is 6.17. The van der Waals surface area contributed by atoms with Crippen LogP contribution in [0.5, 0.6) is 0 Å². The zero-order chi connectivity index (χ0) is 13.9. The Morgan fingerprint density at radius 3 is 2.45 bits per heavy atom. The molecule has 0 aliphatic rings. The van der Waals surface area contributed by atoms with Crippen LogP contribution in [0.4, 0.5) is 5.82 Å². The molecular formula is C16H16N4. The monoisotopic (exact) mass is 264 g/mol. The molecule has 0 radical (unpaired) electrons. The predicted octanol–water partition coefficient (Wildman–Crippen LogP) is 2.66. The maximum atomic E-state index is 6.17. The number of anilines is 1. The fourth-order valence-corrected chi connectivity index (χ4v) is 2.30. The Hall–Kier alpha value is -2.62. The van der Waals surface area contributed by atoms with Crippen LogP contribution in [0.2, 0.25) is 0 Å². The number of pyridine rings is 1. The summed E-state index contributed by atoms with van der Waals surface area (Å²) in [5, 5.41) is 4.54. The van der Waals surface area contributed by atoms with Gasteiger partial charge in [-0.15, -0.1) is 0 Å². The Balaban J connectivity index is 2.06. The number of hydrogen-bond acceptors (Lipinski definition) is 3. The molecule has 3 aromatic rings. The van der Waals surface area contributed by atoms with Gasteiger partial charge in [0, 0.05) is 37.0 Å². The molecule has 2 N–H and O–H groups in total. The summed E-state index contributed by atoms with van der Waals surface area (Å²) in [6, 6.07) is 14.2. The third kappa shape index (κ3) is 2.28. The summed E-state index contributed by atoms with van der Waals surface area (Å²) >= 11 is 0. The fraction of sp³-hybridized carbons (Fsp3) is 0.125. The van der Waals surface area contributed by atoms with E-state index in [0.29, 0.717) is 5.82 Å². The molecule has 0 aliphatic heterocycles. The molecule has 4 heteroatoms. The van der Waals surface area contributed by atoms with Gasteiger partial charge in [0.25, 0.3) is 0 Å². The fourth-order valence-electron chi connectivity index (χ4n) is 2.30. The standard InChI is InChI=1S/C16H16N4/c1-20-16(17)14(11-12-5-3-2-4-6-12)15(19-20)13-7-9-18-10-8-13/h2-10H,11,17H2,1H3. The Kier molecular flexibility index (Phi) is 3.21. The van der Waals surface area contributed by atoms with Gasteiger partial charge in [-0.1, -0.05) is 30.3 Å². The van der Waals surface area contributed by atoms with Crippen molar-refractivity contribution in [3.05, 3.63) is 66.0 Å². The van der Waals surface area contributed by atoms with E-state index in [1.807, 2.05) is 37.4 Å². The zero-order valence-electron chi connectivity index (χ0n) is 11.3. The molecule has 2 heterocycles. The van der Waals surface area contributed by atoms with Crippen LogP contribution in [0.25, 0.3) is 11.3 Å². The highest BCUT2D eigenvalue weighted by atomic mass is 15.3. The third-order valence-corrected chi connectivity index (χ3v) is 3.37. The van der Waals surface area contributed by atoms with Crippen molar-refractivity contribution in [2.45, 2.75) is 6.42 Å². The Morgan fingerprint density at radius 1 is 1.05 bits per heavy atom. The highest BCUT2D eigenvalue weighted by Gasteiger charge is 2.15. The van der Waals surface area contributed by atoms with Crippen LogP contribution in [-0.4, -0.2) is 14.8 Å². The van der Waals surface area contributed by atoms with Gasteiger partial charge in [-0.3, -0.25) is 9.67 Å². The smallest absolute Gasteiger partial charge is 0.125 e. The first-order valence-electron chi connectivity index (χ1n) is 6.51. The number of aromatic nitrogens is 3. The minimum Gasteiger partial charge on any atom is -0.384 e.